The van der Waals surface area contributed by atoms with Crippen molar-refractivity contribution >= 4 is 11.8 Å². The molecule has 4 rings (SSSR count). The first-order valence-corrected chi connectivity index (χ1v) is 9.06. The smallest absolute Gasteiger partial charge is 0.251 e. The Bertz CT molecular complexity index is 658. The molecule has 0 N–H and O–H groups in total. The first-order valence-electron chi connectivity index (χ1n) is 9.06. The van der Waals surface area contributed by atoms with Crippen LogP contribution in [0.1, 0.15) is 31.2 Å². The lowest BCUT2D eigenvalue weighted by Crippen LogP contribution is -2.54. The molecular weight excluding hydrogens is 323 g/mol. The Hall–Kier alpha value is -1.95. The molecule has 25 heavy (non-hydrogen) atoms. The van der Waals surface area contributed by atoms with Crippen LogP contribution in [0, 0.1) is 5.82 Å². The summed E-state index contributed by atoms with van der Waals surface area (Å²) in [6.07, 6.45) is 3.07. The summed E-state index contributed by atoms with van der Waals surface area (Å²) in [6, 6.07) is 6.27. The van der Waals surface area contributed by atoms with Gasteiger partial charge in [-0.2, -0.15) is 0 Å². The van der Waals surface area contributed by atoms with Crippen LogP contribution in [-0.4, -0.2) is 60.5 Å². The van der Waals surface area contributed by atoms with Crippen molar-refractivity contribution < 1.29 is 18.7 Å². The van der Waals surface area contributed by atoms with Gasteiger partial charge in [0.05, 0.1) is 5.41 Å². The highest BCUT2D eigenvalue weighted by Gasteiger charge is 2.53. The van der Waals surface area contributed by atoms with Crippen LogP contribution in [0.2, 0.25) is 0 Å². The van der Waals surface area contributed by atoms with E-state index in [-0.39, 0.29) is 23.7 Å². The minimum atomic E-state index is -0.478. The largest absolute Gasteiger partial charge is 0.368 e. The quantitative estimate of drug-likeness (QED) is 0.837. The fourth-order valence-electron chi connectivity index (χ4n) is 3.93. The van der Waals surface area contributed by atoms with Gasteiger partial charge >= 0.3 is 0 Å². The zero-order chi connectivity index (χ0) is 17.4. The van der Waals surface area contributed by atoms with Gasteiger partial charge in [-0.05, 0) is 43.4 Å². The Morgan fingerprint density at radius 3 is 2.24 bits per heavy atom. The average molecular weight is 346 g/mol. The van der Waals surface area contributed by atoms with Gasteiger partial charge in [0.2, 0.25) is 5.91 Å². The van der Waals surface area contributed by atoms with Crippen molar-refractivity contribution in [1.82, 2.24) is 9.80 Å². The molecule has 1 unspecified atom stereocenters. The summed E-state index contributed by atoms with van der Waals surface area (Å²) in [5.41, 5.74) is 0.422. The number of amides is 2. The Balaban J connectivity index is 1.38. The van der Waals surface area contributed by atoms with Crippen molar-refractivity contribution in [1.29, 1.82) is 0 Å². The molecule has 2 heterocycles. The van der Waals surface area contributed by atoms with Crippen molar-refractivity contribution in [2.24, 2.45) is 0 Å². The normalized spacial score (nSPS) is 25.1. The molecule has 5 nitrogen and oxygen atoms in total. The van der Waals surface area contributed by atoms with Crippen LogP contribution in [0.3, 0.4) is 0 Å². The number of benzene rings is 1. The Labute approximate surface area is 146 Å². The molecule has 1 saturated carbocycles. The van der Waals surface area contributed by atoms with Crippen LogP contribution in [-0.2, 0) is 19.7 Å². The van der Waals surface area contributed by atoms with Gasteiger partial charge in [-0.1, -0.05) is 12.1 Å². The van der Waals surface area contributed by atoms with Gasteiger partial charge in [-0.15, -0.1) is 0 Å². The third-order valence-corrected chi connectivity index (χ3v) is 5.64. The van der Waals surface area contributed by atoms with E-state index in [1.807, 2.05) is 9.80 Å². The monoisotopic (exact) mass is 346 g/mol. The molecular formula is C19H23FN2O3. The lowest BCUT2D eigenvalue weighted by molar-refractivity contribution is -0.146. The second-order valence-corrected chi connectivity index (χ2v) is 7.21. The summed E-state index contributed by atoms with van der Waals surface area (Å²) in [5, 5.41) is 0. The van der Waals surface area contributed by atoms with Gasteiger partial charge in [-0.25, -0.2) is 4.39 Å². The van der Waals surface area contributed by atoms with Gasteiger partial charge in [-0.3, -0.25) is 9.59 Å². The fourth-order valence-corrected chi connectivity index (χ4v) is 3.93. The number of ether oxygens (including phenoxy) is 1. The summed E-state index contributed by atoms with van der Waals surface area (Å²) >= 11 is 0. The van der Waals surface area contributed by atoms with Crippen LogP contribution < -0.4 is 0 Å². The number of nitrogens with zero attached hydrogens (tertiary/aromatic N) is 2. The highest BCUT2D eigenvalue weighted by molar-refractivity contribution is 5.91. The predicted octanol–water partition coefficient (Wildman–Crippen LogP) is 1.71. The average Bonchev–Trinajstić information content (AvgIpc) is 3.27. The molecule has 0 aromatic heterocycles. The van der Waals surface area contributed by atoms with E-state index < -0.39 is 5.41 Å². The minimum absolute atomic E-state index is 0.0595. The summed E-state index contributed by atoms with van der Waals surface area (Å²) in [5.74, 6) is -0.110. The SMILES string of the molecule is O=C(C1CCCO1)N1CCN(C(=O)C2(c3ccc(F)cc3)CC2)CC1. The molecule has 3 fully saturated rings. The summed E-state index contributed by atoms with van der Waals surface area (Å²) in [4.78, 5) is 29.1. The Morgan fingerprint density at radius 2 is 1.68 bits per heavy atom. The number of rotatable bonds is 3. The molecule has 6 heteroatoms. The number of carbonyl (C=O) groups is 2. The van der Waals surface area contributed by atoms with Crippen molar-refractivity contribution in [2.45, 2.75) is 37.2 Å². The molecule has 0 radical (unpaired) electrons. The number of carbonyl (C=O) groups excluding carboxylic acids is 2. The maximum atomic E-state index is 13.2. The van der Waals surface area contributed by atoms with E-state index in [1.165, 1.54) is 12.1 Å². The van der Waals surface area contributed by atoms with E-state index in [0.29, 0.717) is 32.8 Å². The maximum Gasteiger partial charge on any atom is 0.251 e. The zero-order valence-electron chi connectivity index (χ0n) is 14.2. The molecule has 1 aliphatic carbocycles. The summed E-state index contributed by atoms with van der Waals surface area (Å²) in [6.45, 7) is 2.89. The summed E-state index contributed by atoms with van der Waals surface area (Å²) in [7, 11) is 0. The van der Waals surface area contributed by atoms with Crippen LogP contribution in [0.4, 0.5) is 4.39 Å². The molecule has 134 valence electrons. The first kappa shape index (κ1) is 16.5. The predicted molar refractivity (Wildman–Crippen MR) is 89.4 cm³/mol. The number of hydrogen-bond donors (Lipinski definition) is 0. The molecule has 3 aliphatic rings. The Kier molecular flexibility index (Phi) is 4.23. The van der Waals surface area contributed by atoms with E-state index in [2.05, 4.69) is 0 Å². The molecule has 2 amide bonds. The third kappa shape index (κ3) is 3.03. The van der Waals surface area contributed by atoms with E-state index in [1.54, 1.807) is 12.1 Å². The fraction of sp³-hybridized carbons (Fsp3) is 0.579. The molecule has 0 spiro atoms. The van der Waals surface area contributed by atoms with E-state index in [0.717, 1.165) is 31.2 Å². The van der Waals surface area contributed by atoms with E-state index in [9.17, 15) is 14.0 Å². The van der Waals surface area contributed by atoms with Gasteiger partial charge in [0.25, 0.3) is 5.91 Å². The van der Waals surface area contributed by atoms with Crippen LogP contribution >= 0.6 is 0 Å². The molecule has 1 atom stereocenters. The molecule has 1 aromatic carbocycles. The lowest BCUT2D eigenvalue weighted by Gasteiger charge is -2.37. The van der Waals surface area contributed by atoms with E-state index in [4.69, 9.17) is 4.74 Å². The molecule has 2 aliphatic heterocycles. The van der Waals surface area contributed by atoms with Crippen LogP contribution in [0.15, 0.2) is 24.3 Å². The molecule has 1 aromatic rings. The highest BCUT2D eigenvalue weighted by atomic mass is 19.1. The van der Waals surface area contributed by atoms with Crippen LogP contribution in [0.25, 0.3) is 0 Å². The van der Waals surface area contributed by atoms with Gasteiger partial charge in [0.1, 0.15) is 11.9 Å². The maximum absolute atomic E-state index is 13.2. The minimum Gasteiger partial charge on any atom is -0.368 e. The Morgan fingerprint density at radius 1 is 1.04 bits per heavy atom. The number of halogens is 1. The lowest BCUT2D eigenvalue weighted by atomic mass is 9.94. The van der Waals surface area contributed by atoms with E-state index >= 15 is 0 Å². The van der Waals surface area contributed by atoms with Gasteiger partial charge < -0.3 is 14.5 Å². The zero-order valence-corrected chi connectivity index (χ0v) is 14.2. The number of piperazine rings is 1. The molecule has 2 saturated heterocycles. The van der Waals surface area contributed by atoms with Gasteiger partial charge in [0.15, 0.2) is 0 Å². The van der Waals surface area contributed by atoms with Crippen molar-refractivity contribution in [3.63, 3.8) is 0 Å². The third-order valence-electron chi connectivity index (χ3n) is 5.64. The van der Waals surface area contributed by atoms with Crippen molar-refractivity contribution in [3.8, 4) is 0 Å². The second kappa shape index (κ2) is 6.41. The first-order chi connectivity index (χ1) is 12.1. The van der Waals surface area contributed by atoms with Gasteiger partial charge in [0, 0.05) is 32.8 Å². The highest BCUT2D eigenvalue weighted by Crippen LogP contribution is 2.49. The topological polar surface area (TPSA) is 49.9 Å². The number of hydrogen-bond acceptors (Lipinski definition) is 3. The molecule has 0 bridgehead atoms. The summed E-state index contributed by atoms with van der Waals surface area (Å²) < 4.78 is 18.6. The second-order valence-electron chi connectivity index (χ2n) is 7.21. The standard InChI is InChI=1S/C19H23FN2O3/c20-15-5-3-14(4-6-15)19(7-8-19)18(24)22-11-9-21(10-12-22)17(23)16-2-1-13-25-16/h3-6,16H,1-2,7-13H2. The van der Waals surface area contributed by atoms with Crippen molar-refractivity contribution in [3.05, 3.63) is 35.6 Å². The van der Waals surface area contributed by atoms with Crippen molar-refractivity contribution in [2.75, 3.05) is 32.8 Å². The van der Waals surface area contributed by atoms with Crippen LogP contribution in [0.5, 0.6) is 0 Å².